The van der Waals surface area contributed by atoms with Gasteiger partial charge in [0.2, 0.25) is 0 Å². The van der Waals surface area contributed by atoms with E-state index in [1.807, 2.05) is 6.92 Å². The highest BCUT2D eigenvalue weighted by Crippen LogP contribution is 2.61. The predicted octanol–water partition coefficient (Wildman–Crippen LogP) is 2.24. The lowest BCUT2D eigenvalue weighted by Gasteiger charge is -2.16. The molecule has 0 amide bonds. The van der Waals surface area contributed by atoms with Crippen molar-refractivity contribution >= 4 is 0 Å². The Bertz CT molecular complexity index is 419. The number of nitrogens with two attached hydrogens (primary N) is 1. The van der Waals surface area contributed by atoms with Crippen LogP contribution in [-0.4, -0.2) is 19.6 Å². The Labute approximate surface area is 93.4 Å². The molecule has 16 heavy (non-hydrogen) atoms. The van der Waals surface area contributed by atoms with Crippen molar-refractivity contribution in [2.75, 3.05) is 13.7 Å². The van der Waals surface area contributed by atoms with Gasteiger partial charge in [0.05, 0.1) is 12.5 Å². The second kappa shape index (κ2) is 3.42. The van der Waals surface area contributed by atoms with Gasteiger partial charge >= 0.3 is 0 Å². The number of hydrogen-bond donors (Lipinski definition) is 1. The summed E-state index contributed by atoms with van der Waals surface area (Å²) in [7, 11) is 1.56. The van der Waals surface area contributed by atoms with Gasteiger partial charge in [-0.05, 0) is 24.1 Å². The van der Waals surface area contributed by atoms with E-state index in [4.69, 9.17) is 10.5 Å². The van der Waals surface area contributed by atoms with Crippen LogP contribution in [0.5, 0.6) is 5.75 Å². The molecule has 4 heteroatoms. The van der Waals surface area contributed by atoms with Gasteiger partial charge in [0.1, 0.15) is 5.75 Å². The van der Waals surface area contributed by atoms with Crippen molar-refractivity contribution in [2.24, 2.45) is 5.73 Å². The van der Waals surface area contributed by atoms with Crippen LogP contribution in [0.1, 0.15) is 17.5 Å². The van der Waals surface area contributed by atoms with Crippen LogP contribution in [0, 0.1) is 6.92 Å². The molecule has 1 aliphatic rings. The predicted molar refractivity (Wildman–Crippen MR) is 58.0 cm³/mol. The highest BCUT2D eigenvalue weighted by Gasteiger charge is 2.71. The van der Waals surface area contributed by atoms with Gasteiger partial charge in [0.15, 0.2) is 0 Å². The maximum atomic E-state index is 13.3. The first-order valence-electron chi connectivity index (χ1n) is 5.20. The summed E-state index contributed by atoms with van der Waals surface area (Å²) in [5.41, 5.74) is 5.80. The van der Waals surface area contributed by atoms with E-state index in [1.54, 1.807) is 25.3 Å². The second-order valence-corrected chi connectivity index (χ2v) is 4.35. The summed E-state index contributed by atoms with van der Waals surface area (Å²) in [6.07, 6.45) is -0.151. The van der Waals surface area contributed by atoms with Gasteiger partial charge in [-0.25, -0.2) is 8.78 Å². The maximum Gasteiger partial charge on any atom is 0.260 e. The normalized spacial score (nSPS) is 26.6. The molecular weight excluding hydrogens is 212 g/mol. The molecular formula is C12H15F2NO. The van der Waals surface area contributed by atoms with Crippen LogP contribution in [0.25, 0.3) is 0 Å². The maximum absolute atomic E-state index is 13.3. The van der Waals surface area contributed by atoms with Crippen LogP contribution in [0.3, 0.4) is 0 Å². The molecule has 88 valence electrons. The first kappa shape index (κ1) is 11.3. The Morgan fingerprint density at radius 3 is 2.44 bits per heavy atom. The monoisotopic (exact) mass is 227 g/mol. The van der Waals surface area contributed by atoms with E-state index in [9.17, 15) is 8.78 Å². The Morgan fingerprint density at radius 1 is 1.44 bits per heavy atom. The molecule has 2 nitrogen and oxygen atoms in total. The number of methoxy groups -OCH3 is 1. The smallest absolute Gasteiger partial charge is 0.260 e. The van der Waals surface area contributed by atoms with E-state index < -0.39 is 11.3 Å². The summed E-state index contributed by atoms with van der Waals surface area (Å²) >= 11 is 0. The van der Waals surface area contributed by atoms with E-state index in [0.29, 0.717) is 11.3 Å². The fourth-order valence-corrected chi connectivity index (χ4v) is 2.16. The third-order valence-electron chi connectivity index (χ3n) is 3.39. The first-order valence-corrected chi connectivity index (χ1v) is 5.20. The number of halogens is 2. The third-order valence-corrected chi connectivity index (χ3v) is 3.39. The number of benzene rings is 1. The van der Waals surface area contributed by atoms with E-state index in [-0.39, 0.29) is 13.0 Å². The topological polar surface area (TPSA) is 35.2 Å². The molecule has 0 heterocycles. The number of ether oxygens (including phenoxy) is 1. The highest BCUT2D eigenvalue weighted by atomic mass is 19.3. The number of rotatable bonds is 3. The van der Waals surface area contributed by atoms with Crippen molar-refractivity contribution in [2.45, 2.75) is 24.7 Å². The Hall–Kier alpha value is -1.16. The highest BCUT2D eigenvalue weighted by molar-refractivity contribution is 5.45. The molecule has 1 atom stereocenters. The van der Waals surface area contributed by atoms with E-state index >= 15 is 0 Å². The van der Waals surface area contributed by atoms with Crippen molar-refractivity contribution in [1.29, 1.82) is 0 Å². The Morgan fingerprint density at radius 2 is 2.06 bits per heavy atom. The SMILES string of the molecule is COc1ccc(C2(CN)CC2(F)F)cc1C. The molecule has 0 aromatic heterocycles. The van der Waals surface area contributed by atoms with Crippen LogP contribution >= 0.6 is 0 Å². The quantitative estimate of drug-likeness (QED) is 0.859. The summed E-state index contributed by atoms with van der Waals surface area (Å²) in [4.78, 5) is 0. The lowest BCUT2D eigenvalue weighted by atomic mass is 9.93. The van der Waals surface area contributed by atoms with Gasteiger partial charge in [-0.1, -0.05) is 12.1 Å². The van der Waals surface area contributed by atoms with Gasteiger partial charge in [-0.2, -0.15) is 0 Å². The molecule has 0 saturated heterocycles. The molecule has 1 unspecified atom stereocenters. The minimum Gasteiger partial charge on any atom is -0.496 e. The fourth-order valence-electron chi connectivity index (χ4n) is 2.16. The van der Waals surface area contributed by atoms with Crippen molar-refractivity contribution in [3.8, 4) is 5.75 Å². The molecule has 0 radical (unpaired) electrons. The zero-order chi connectivity index (χ0) is 12.0. The summed E-state index contributed by atoms with van der Waals surface area (Å²) in [5.74, 6) is -1.96. The lowest BCUT2D eigenvalue weighted by Crippen LogP contribution is -2.26. The number of alkyl halides is 2. The van der Waals surface area contributed by atoms with Crippen molar-refractivity contribution < 1.29 is 13.5 Å². The molecule has 1 fully saturated rings. The van der Waals surface area contributed by atoms with Gasteiger partial charge < -0.3 is 10.5 Å². The molecule has 2 rings (SSSR count). The molecule has 1 aromatic rings. The van der Waals surface area contributed by atoms with Gasteiger partial charge in [0.25, 0.3) is 5.92 Å². The largest absolute Gasteiger partial charge is 0.496 e. The van der Waals surface area contributed by atoms with Crippen molar-refractivity contribution in [3.05, 3.63) is 29.3 Å². The molecule has 0 bridgehead atoms. The summed E-state index contributed by atoms with van der Waals surface area (Å²) < 4.78 is 31.8. The van der Waals surface area contributed by atoms with Crippen LogP contribution in [0.4, 0.5) is 8.78 Å². The average molecular weight is 227 g/mol. The molecule has 1 aromatic carbocycles. The summed E-state index contributed by atoms with van der Waals surface area (Å²) in [5, 5.41) is 0. The zero-order valence-electron chi connectivity index (χ0n) is 9.39. The lowest BCUT2D eigenvalue weighted by molar-refractivity contribution is 0.0896. The van der Waals surface area contributed by atoms with Crippen molar-refractivity contribution in [1.82, 2.24) is 0 Å². The van der Waals surface area contributed by atoms with E-state index in [0.717, 1.165) is 5.56 Å². The minimum absolute atomic E-state index is 0.0221. The van der Waals surface area contributed by atoms with E-state index in [2.05, 4.69) is 0 Å². The Kier molecular flexibility index (Phi) is 2.42. The molecule has 0 spiro atoms. The van der Waals surface area contributed by atoms with Crippen LogP contribution in [0.15, 0.2) is 18.2 Å². The van der Waals surface area contributed by atoms with Crippen LogP contribution < -0.4 is 10.5 Å². The third kappa shape index (κ3) is 1.40. The van der Waals surface area contributed by atoms with E-state index in [1.165, 1.54) is 0 Å². The number of hydrogen-bond acceptors (Lipinski definition) is 2. The first-order chi connectivity index (χ1) is 7.47. The van der Waals surface area contributed by atoms with Gasteiger partial charge in [-0.3, -0.25) is 0 Å². The molecule has 1 saturated carbocycles. The molecule has 2 N–H and O–H groups in total. The second-order valence-electron chi connectivity index (χ2n) is 4.35. The van der Waals surface area contributed by atoms with Crippen molar-refractivity contribution in [3.63, 3.8) is 0 Å². The van der Waals surface area contributed by atoms with Crippen LogP contribution in [0.2, 0.25) is 0 Å². The standard InChI is InChI=1S/C12H15F2NO/c1-8-5-9(3-4-10(8)16-2)11(7-15)6-12(11,13)14/h3-5H,6-7,15H2,1-2H3. The Balaban J connectivity index is 2.39. The average Bonchev–Trinajstić information content (AvgIpc) is 2.82. The fraction of sp³-hybridized carbons (Fsp3) is 0.500. The van der Waals surface area contributed by atoms with Gasteiger partial charge in [0, 0.05) is 13.0 Å². The van der Waals surface area contributed by atoms with Gasteiger partial charge in [-0.15, -0.1) is 0 Å². The van der Waals surface area contributed by atoms with Crippen LogP contribution in [-0.2, 0) is 5.41 Å². The molecule has 1 aliphatic carbocycles. The minimum atomic E-state index is -2.66. The summed E-state index contributed by atoms with van der Waals surface area (Å²) in [6, 6.07) is 5.14. The zero-order valence-corrected chi connectivity index (χ0v) is 9.39. The number of aryl methyl sites for hydroxylation is 1. The molecule has 0 aliphatic heterocycles. The summed E-state index contributed by atoms with van der Waals surface area (Å²) in [6.45, 7) is 1.82.